The number of aliphatic carboxylic acids is 1. The lowest BCUT2D eigenvalue weighted by molar-refractivity contribution is -0.139. The molecule has 0 heterocycles. The van der Waals surface area contributed by atoms with Crippen molar-refractivity contribution in [1.29, 1.82) is 0 Å². The summed E-state index contributed by atoms with van der Waals surface area (Å²) in [6.07, 6.45) is 0.235. The molecule has 1 atom stereocenters. The van der Waals surface area contributed by atoms with E-state index in [-0.39, 0.29) is 24.8 Å². The Labute approximate surface area is 116 Å². The molecule has 2 N–H and O–H groups in total. The standard InChI is InChI=1S/C14H28N2O3/c1-10(2)11(16(5)6)9-15-12(17)7-14(3,4)8-13(18)19/h10-11H,7-9H2,1-6H3,(H,15,17)(H,18,19). The van der Waals surface area contributed by atoms with E-state index >= 15 is 0 Å². The molecule has 112 valence electrons. The van der Waals surface area contributed by atoms with Crippen molar-refractivity contribution < 1.29 is 14.7 Å². The van der Waals surface area contributed by atoms with E-state index in [1.807, 2.05) is 14.1 Å². The van der Waals surface area contributed by atoms with E-state index in [9.17, 15) is 9.59 Å². The molecule has 5 heteroatoms. The molecule has 0 saturated carbocycles. The molecule has 0 radical (unpaired) electrons. The summed E-state index contributed by atoms with van der Waals surface area (Å²) in [4.78, 5) is 24.7. The maximum Gasteiger partial charge on any atom is 0.303 e. The molecule has 0 aliphatic carbocycles. The van der Waals surface area contributed by atoms with Gasteiger partial charge < -0.3 is 15.3 Å². The quantitative estimate of drug-likeness (QED) is 0.704. The summed E-state index contributed by atoms with van der Waals surface area (Å²) in [5.41, 5.74) is -0.513. The van der Waals surface area contributed by atoms with Crippen molar-refractivity contribution >= 4 is 11.9 Å². The third kappa shape index (κ3) is 7.82. The van der Waals surface area contributed by atoms with Crippen molar-refractivity contribution in [3.63, 3.8) is 0 Å². The van der Waals surface area contributed by atoms with Crippen molar-refractivity contribution in [2.75, 3.05) is 20.6 Å². The highest BCUT2D eigenvalue weighted by Gasteiger charge is 2.25. The van der Waals surface area contributed by atoms with Crippen molar-refractivity contribution in [2.24, 2.45) is 11.3 Å². The van der Waals surface area contributed by atoms with Crippen LogP contribution in [-0.4, -0.2) is 48.6 Å². The average Bonchev–Trinajstić information content (AvgIpc) is 2.12. The highest BCUT2D eigenvalue weighted by molar-refractivity contribution is 5.77. The van der Waals surface area contributed by atoms with Crippen LogP contribution in [0.25, 0.3) is 0 Å². The molecule has 0 fully saturated rings. The van der Waals surface area contributed by atoms with Gasteiger partial charge in [-0.05, 0) is 25.4 Å². The molecule has 0 saturated heterocycles. The van der Waals surface area contributed by atoms with Crippen molar-refractivity contribution in [1.82, 2.24) is 10.2 Å². The van der Waals surface area contributed by atoms with Gasteiger partial charge in [0.05, 0.1) is 6.42 Å². The fraction of sp³-hybridized carbons (Fsp3) is 0.857. The van der Waals surface area contributed by atoms with E-state index in [2.05, 4.69) is 24.1 Å². The number of amides is 1. The second kappa shape index (κ2) is 7.48. The summed E-state index contributed by atoms with van der Waals surface area (Å²) in [7, 11) is 3.98. The molecular weight excluding hydrogens is 244 g/mol. The van der Waals surface area contributed by atoms with Gasteiger partial charge in [-0.1, -0.05) is 27.7 Å². The number of hydrogen-bond donors (Lipinski definition) is 2. The number of nitrogens with one attached hydrogen (secondary N) is 1. The normalized spacial score (nSPS) is 13.7. The summed E-state index contributed by atoms with van der Waals surface area (Å²) in [6, 6.07) is 0.284. The third-order valence-electron chi connectivity index (χ3n) is 3.21. The molecule has 19 heavy (non-hydrogen) atoms. The Morgan fingerprint density at radius 3 is 2.11 bits per heavy atom. The van der Waals surface area contributed by atoms with Gasteiger partial charge in [0.1, 0.15) is 0 Å². The Morgan fingerprint density at radius 2 is 1.74 bits per heavy atom. The molecule has 1 unspecified atom stereocenters. The second-order valence-electron chi connectivity index (χ2n) is 6.49. The van der Waals surface area contributed by atoms with Crippen LogP contribution in [0.1, 0.15) is 40.5 Å². The molecule has 0 spiro atoms. The van der Waals surface area contributed by atoms with Gasteiger partial charge in [-0.2, -0.15) is 0 Å². The topological polar surface area (TPSA) is 69.6 Å². The zero-order valence-electron chi connectivity index (χ0n) is 13.0. The average molecular weight is 272 g/mol. The molecule has 0 aromatic carbocycles. The SMILES string of the molecule is CC(C)C(CNC(=O)CC(C)(C)CC(=O)O)N(C)C. The van der Waals surface area contributed by atoms with Crippen LogP contribution in [0.4, 0.5) is 0 Å². The lowest BCUT2D eigenvalue weighted by Crippen LogP contribution is -2.44. The van der Waals surface area contributed by atoms with E-state index in [1.54, 1.807) is 13.8 Å². The molecule has 0 aromatic heterocycles. The van der Waals surface area contributed by atoms with Gasteiger partial charge in [0.15, 0.2) is 0 Å². The lowest BCUT2D eigenvalue weighted by Gasteiger charge is -2.29. The molecule has 0 bridgehead atoms. The summed E-state index contributed by atoms with van der Waals surface area (Å²) in [5, 5.41) is 11.7. The van der Waals surface area contributed by atoms with Crippen molar-refractivity contribution in [3.8, 4) is 0 Å². The van der Waals surface area contributed by atoms with Crippen LogP contribution in [0.2, 0.25) is 0 Å². The molecule has 0 aromatic rings. The maximum absolute atomic E-state index is 11.9. The van der Waals surface area contributed by atoms with Crippen molar-refractivity contribution in [3.05, 3.63) is 0 Å². The Balaban J connectivity index is 4.28. The first kappa shape index (κ1) is 17.9. The van der Waals surface area contributed by atoms with Crippen LogP contribution in [0, 0.1) is 11.3 Å². The zero-order valence-corrected chi connectivity index (χ0v) is 13.0. The maximum atomic E-state index is 11.9. The number of hydrogen-bond acceptors (Lipinski definition) is 3. The fourth-order valence-electron chi connectivity index (χ4n) is 2.20. The number of carbonyl (C=O) groups is 2. The lowest BCUT2D eigenvalue weighted by atomic mass is 9.85. The number of carbonyl (C=O) groups excluding carboxylic acids is 1. The Morgan fingerprint density at radius 1 is 1.21 bits per heavy atom. The van der Waals surface area contributed by atoms with Crippen LogP contribution in [0.3, 0.4) is 0 Å². The molecule has 0 aliphatic rings. The monoisotopic (exact) mass is 272 g/mol. The van der Waals surface area contributed by atoms with Crippen molar-refractivity contribution in [2.45, 2.75) is 46.6 Å². The Bertz CT molecular complexity index is 304. The van der Waals surface area contributed by atoms with Crippen LogP contribution < -0.4 is 5.32 Å². The van der Waals surface area contributed by atoms with Gasteiger partial charge in [-0.25, -0.2) is 0 Å². The van der Waals surface area contributed by atoms with Gasteiger partial charge in [-0.15, -0.1) is 0 Å². The molecule has 0 rings (SSSR count). The van der Waals surface area contributed by atoms with E-state index in [0.717, 1.165) is 0 Å². The number of rotatable bonds is 8. The van der Waals surface area contributed by atoms with E-state index < -0.39 is 11.4 Å². The second-order valence-corrected chi connectivity index (χ2v) is 6.49. The molecule has 5 nitrogen and oxygen atoms in total. The first-order chi connectivity index (χ1) is 8.55. The third-order valence-corrected chi connectivity index (χ3v) is 3.21. The summed E-state index contributed by atoms with van der Waals surface area (Å²) < 4.78 is 0. The Kier molecular flexibility index (Phi) is 7.05. The predicted molar refractivity (Wildman–Crippen MR) is 76.0 cm³/mol. The molecule has 1 amide bonds. The van der Waals surface area contributed by atoms with Gasteiger partial charge in [0.2, 0.25) is 5.91 Å². The highest BCUT2D eigenvalue weighted by Crippen LogP contribution is 2.24. The minimum atomic E-state index is -0.869. The highest BCUT2D eigenvalue weighted by atomic mass is 16.4. The number of nitrogens with zero attached hydrogens (tertiary/aromatic N) is 1. The van der Waals surface area contributed by atoms with E-state index in [4.69, 9.17) is 5.11 Å². The fourth-order valence-corrected chi connectivity index (χ4v) is 2.20. The van der Waals surface area contributed by atoms with E-state index in [0.29, 0.717) is 12.5 Å². The smallest absolute Gasteiger partial charge is 0.303 e. The van der Waals surface area contributed by atoms with Crippen LogP contribution in [0.5, 0.6) is 0 Å². The first-order valence-electron chi connectivity index (χ1n) is 6.70. The number of likely N-dealkylation sites (N-methyl/N-ethyl adjacent to an activating group) is 1. The summed E-state index contributed by atoms with van der Waals surface area (Å²) in [6.45, 7) is 8.42. The minimum Gasteiger partial charge on any atom is -0.481 e. The molecular formula is C14H28N2O3. The summed E-state index contributed by atoms with van der Waals surface area (Å²) in [5.74, 6) is -0.507. The predicted octanol–water partition coefficient (Wildman–Crippen LogP) is 1.58. The first-order valence-corrected chi connectivity index (χ1v) is 6.70. The van der Waals surface area contributed by atoms with Crippen LogP contribution in [0.15, 0.2) is 0 Å². The number of carboxylic acid groups (broad SMARTS) is 1. The van der Waals surface area contributed by atoms with Crippen LogP contribution in [-0.2, 0) is 9.59 Å². The van der Waals surface area contributed by atoms with Crippen LogP contribution >= 0.6 is 0 Å². The van der Waals surface area contributed by atoms with Gasteiger partial charge in [-0.3, -0.25) is 9.59 Å². The number of carboxylic acids is 1. The van der Waals surface area contributed by atoms with E-state index in [1.165, 1.54) is 0 Å². The van der Waals surface area contributed by atoms with Gasteiger partial charge in [0.25, 0.3) is 0 Å². The largest absolute Gasteiger partial charge is 0.481 e. The summed E-state index contributed by atoms with van der Waals surface area (Å²) >= 11 is 0. The van der Waals surface area contributed by atoms with Gasteiger partial charge >= 0.3 is 5.97 Å². The zero-order chi connectivity index (χ0) is 15.2. The Hall–Kier alpha value is -1.10. The minimum absolute atomic E-state index is 0.00170. The van der Waals surface area contributed by atoms with Gasteiger partial charge in [0, 0.05) is 19.0 Å². The molecule has 0 aliphatic heterocycles.